The smallest absolute Gasteiger partial charge is 0.224 e. The van der Waals surface area contributed by atoms with E-state index in [0.29, 0.717) is 25.5 Å². The molecular weight excluding hydrogens is 232 g/mol. The van der Waals surface area contributed by atoms with Crippen LogP contribution >= 0.6 is 0 Å². The third kappa shape index (κ3) is 3.82. The summed E-state index contributed by atoms with van der Waals surface area (Å²) in [6.07, 6.45) is 5.15. The van der Waals surface area contributed by atoms with Crippen LogP contribution in [0.5, 0.6) is 0 Å². The van der Waals surface area contributed by atoms with Crippen LogP contribution in [0.15, 0.2) is 12.4 Å². The van der Waals surface area contributed by atoms with E-state index in [1.165, 1.54) is 0 Å². The second kappa shape index (κ2) is 6.51. The van der Waals surface area contributed by atoms with Crippen LogP contribution in [0, 0.1) is 5.92 Å². The molecule has 2 heterocycles. The van der Waals surface area contributed by atoms with Gasteiger partial charge in [0.05, 0.1) is 25.0 Å². The van der Waals surface area contributed by atoms with Gasteiger partial charge in [0.25, 0.3) is 0 Å². The lowest BCUT2D eigenvalue weighted by atomic mass is 10.0. The van der Waals surface area contributed by atoms with Crippen molar-refractivity contribution >= 4 is 11.6 Å². The van der Waals surface area contributed by atoms with Crippen LogP contribution < -0.4 is 10.6 Å². The number of hydrogen-bond acceptors (Lipinski definition) is 4. The second-order valence-corrected chi connectivity index (χ2v) is 4.60. The Balaban J connectivity index is 1.77. The maximum absolute atomic E-state index is 11.8. The fourth-order valence-corrected chi connectivity index (χ4v) is 2.10. The zero-order valence-corrected chi connectivity index (χ0v) is 10.7. The van der Waals surface area contributed by atoms with E-state index in [-0.39, 0.29) is 5.91 Å². The first-order valence-corrected chi connectivity index (χ1v) is 6.30. The second-order valence-electron chi connectivity index (χ2n) is 4.60. The van der Waals surface area contributed by atoms with Gasteiger partial charge >= 0.3 is 0 Å². The van der Waals surface area contributed by atoms with Gasteiger partial charge in [0.15, 0.2) is 0 Å². The first kappa shape index (κ1) is 13.0. The molecule has 0 radical (unpaired) electrons. The molecule has 2 rings (SSSR count). The van der Waals surface area contributed by atoms with Crippen molar-refractivity contribution in [2.75, 3.05) is 32.1 Å². The molecule has 0 aromatic carbocycles. The zero-order valence-electron chi connectivity index (χ0n) is 10.7. The van der Waals surface area contributed by atoms with Gasteiger partial charge in [-0.05, 0) is 25.4 Å². The predicted octanol–water partition coefficient (Wildman–Crippen LogP) is 0.468. The summed E-state index contributed by atoms with van der Waals surface area (Å²) in [4.78, 5) is 11.8. The van der Waals surface area contributed by atoms with Crippen LogP contribution in [0.3, 0.4) is 0 Å². The van der Waals surface area contributed by atoms with Gasteiger partial charge in [0.2, 0.25) is 5.91 Å². The molecule has 0 saturated carbocycles. The summed E-state index contributed by atoms with van der Waals surface area (Å²) in [7, 11) is 1.65. The summed E-state index contributed by atoms with van der Waals surface area (Å²) >= 11 is 0. The van der Waals surface area contributed by atoms with Crippen molar-refractivity contribution < 1.29 is 9.53 Å². The van der Waals surface area contributed by atoms with E-state index in [2.05, 4.69) is 15.7 Å². The fourth-order valence-electron chi connectivity index (χ4n) is 2.10. The number of rotatable bonds is 6. The van der Waals surface area contributed by atoms with Crippen LogP contribution in [-0.4, -0.2) is 42.5 Å². The monoisotopic (exact) mass is 252 g/mol. The third-order valence-electron chi connectivity index (χ3n) is 3.08. The van der Waals surface area contributed by atoms with Crippen molar-refractivity contribution in [2.45, 2.75) is 19.4 Å². The van der Waals surface area contributed by atoms with Crippen molar-refractivity contribution in [1.29, 1.82) is 0 Å². The van der Waals surface area contributed by atoms with Crippen molar-refractivity contribution in [2.24, 2.45) is 5.92 Å². The molecule has 0 bridgehead atoms. The molecule has 1 unspecified atom stereocenters. The van der Waals surface area contributed by atoms with Gasteiger partial charge < -0.3 is 15.4 Å². The first-order chi connectivity index (χ1) is 8.78. The molecule has 1 aliphatic heterocycles. The molecule has 1 aliphatic rings. The van der Waals surface area contributed by atoms with Crippen LogP contribution in [-0.2, 0) is 16.1 Å². The maximum Gasteiger partial charge on any atom is 0.224 e. The highest BCUT2D eigenvalue weighted by molar-refractivity contribution is 5.90. The van der Waals surface area contributed by atoms with Crippen molar-refractivity contribution in [3.8, 4) is 0 Å². The van der Waals surface area contributed by atoms with E-state index >= 15 is 0 Å². The van der Waals surface area contributed by atoms with Gasteiger partial charge in [-0.15, -0.1) is 0 Å². The molecule has 1 amide bonds. The molecule has 6 heteroatoms. The van der Waals surface area contributed by atoms with Gasteiger partial charge in [-0.3, -0.25) is 9.48 Å². The lowest BCUT2D eigenvalue weighted by molar-refractivity contribution is -0.116. The van der Waals surface area contributed by atoms with Gasteiger partial charge in [0.1, 0.15) is 0 Å². The number of carbonyl (C=O) groups is 1. The quantitative estimate of drug-likeness (QED) is 0.772. The molecule has 1 fully saturated rings. The topological polar surface area (TPSA) is 68.2 Å². The van der Waals surface area contributed by atoms with Gasteiger partial charge in [-0.25, -0.2) is 0 Å². The Morgan fingerprint density at radius 1 is 1.72 bits per heavy atom. The standard InChI is InChI=1S/C12H20N4O2/c1-18-5-4-16-9-11(8-14-16)15-12(17)6-10-2-3-13-7-10/h8-10,13H,2-7H2,1H3,(H,15,17). The number of ether oxygens (including phenoxy) is 1. The van der Waals surface area contributed by atoms with Crippen LogP contribution in [0.4, 0.5) is 5.69 Å². The summed E-state index contributed by atoms with van der Waals surface area (Å²) in [5, 5.41) is 10.3. The summed E-state index contributed by atoms with van der Waals surface area (Å²) in [5.41, 5.74) is 0.752. The number of nitrogens with zero attached hydrogens (tertiary/aromatic N) is 2. The van der Waals surface area contributed by atoms with E-state index in [4.69, 9.17) is 4.74 Å². The van der Waals surface area contributed by atoms with Crippen LogP contribution in [0.1, 0.15) is 12.8 Å². The molecule has 1 atom stereocenters. The number of nitrogens with one attached hydrogen (secondary N) is 2. The molecule has 18 heavy (non-hydrogen) atoms. The molecule has 0 spiro atoms. The molecule has 1 aromatic rings. The Bertz CT molecular complexity index is 385. The lowest BCUT2D eigenvalue weighted by Gasteiger charge is -2.07. The Labute approximate surface area is 107 Å². The zero-order chi connectivity index (χ0) is 12.8. The highest BCUT2D eigenvalue weighted by atomic mass is 16.5. The molecule has 6 nitrogen and oxygen atoms in total. The Morgan fingerprint density at radius 2 is 2.61 bits per heavy atom. The minimum absolute atomic E-state index is 0.0648. The number of hydrogen-bond donors (Lipinski definition) is 2. The van der Waals surface area contributed by atoms with Gasteiger partial charge in [-0.1, -0.05) is 0 Å². The molecule has 2 N–H and O–H groups in total. The average molecular weight is 252 g/mol. The number of carbonyl (C=O) groups excluding carboxylic acids is 1. The van der Waals surface area contributed by atoms with E-state index in [9.17, 15) is 4.79 Å². The van der Waals surface area contributed by atoms with E-state index in [1.807, 2.05) is 6.20 Å². The number of aromatic nitrogens is 2. The Kier molecular flexibility index (Phi) is 4.72. The van der Waals surface area contributed by atoms with E-state index < -0.39 is 0 Å². The van der Waals surface area contributed by atoms with Crippen LogP contribution in [0.2, 0.25) is 0 Å². The summed E-state index contributed by atoms with van der Waals surface area (Å²) < 4.78 is 6.73. The van der Waals surface area contributed by atoms with E-state index in [1.54, 1.807) is 18.0 Å². The average Bonchev–Trinajstić information content (AvgIpc) is 2.98. The predicted molar refractivity (Wildman–Crippen MR) is 68.3 cm³/mol. The highest BCUT2D eigenvalue weighted by Gasteiger charge is 2.18. The van der Waals surface area contributed by atoms with Gasteiger partial charge in [-0.2, -0.15) is 5.10 Å². The van der Waals surface area contributed by atoms with Crippen molar-refractivity contribution in [1.82, 2.24) is 15.1 Å². The SMILES string of the molecule is COCCn1cc(NC(=O)CC2CCNC2)cn1. The van der Waals surface area contributed by atoms with Gasteiger partial charge in [0, 0.05) is 19.7 Å². The Hall–Kier alpha value is -1.40. The fraction of sp³-hybridized carbons (Fsp3) is 0.667. The number of methoxy groups -OCH3 is 1. The minimum Gasteiger partial charge on any atom is -0.383 e. The van der Waals surface area contributed by atoms with E-state index in [0.717, 1.165) is 25.2 Å². The molecule has 0 aliphatic carbocycles. The molecule has 1 aromatic heterocycles. The third-order valence-corrected chi connectivity index (χ3v) is 3.08. The molecule has 1 saturated heterocycles. The molecule has 100 valence electrons. The summed E-state index contributed by atoms with van der Waals surface area (Å²) in [6, 6.07) is 0. The molecular formula is C12H20N4O2. The summed E-state index contributed by atoms with van der Waals surface area (Å²) in [6.45, 7) is 3.27. The lowest BCUT2D eigenvalue weighted by Crippen LogP contribution is -2.18. The minimum atomic E-state index is 0.0648. The van der Waals surface area contributed by atoms with Crippen LogP contribution in [0.25, 0.3) is 0 Å². The van der Waals surface area contributed by atoms with Crippen molar-refractivity contribution in [3.05, 3.63) is 12.4 Å². The van der Waals surface area contributed by atoms with Crippen molar-refractivity contribution in [3.63, 3.8) is 0 Å². The Morgan fingerprint density at radius 3 is 3.33 bits per heavy atom. The number of amides is 1. The number of anilines is 1. The normalized spacial score (nSPS) is 19.1. The summed E-state index contributed by atoms with van der Waals surface area (Å²) in [5.74, 6) is 0.531. The maximum atomic E-state index is 11.8. The first-order valence-electron chi connectivity index (χ1n) is 6.30. The largest absolute Gasteiger partial charge is 0.383 e. The highest BCUT2D eigenvalue weighted by Crippen LogP contribution is 2.14.